The maximum absolute atomic E-state index is 12.3. The zero-order valence-corrected chi connectivity index (χ0v) is 16.6. The molecule has 1 aliphatic carbocycles. The van der Waals surface area contributed by atoms with Crippen LogP contribution in [0.25, 0.3) is 0 Å². The Hall–Kier alpha value is -3.16. The zero-order chi connectivity index (χ0) is 21.0. The number of benzene rings is 1. The van der Waals surface area contributed by atoms with Gasteiger partial charge in [-0.2, -0.15) is 0 Å². The molecule has 154 valence electrons. The average molecular weight is 399 g/mol. The Balaban J connectivity index is 1.41. The van der Waals surface area contributed by atoms with Gasteiger partial charge < -0.3 is 15.0 Å². The second kappa shape index (κ2) is 8.89. The van der Waals surface area contributed by atoms with Crippen LogP contribution in [0.2, 0.25) is 0 Å². The second-order valence-electron chi connectivity index (χ2n) is 7.42. The van der Waals surface area contributed by atoms with Gasteiger partial charge in [0, 0.05) is 26.3 Å². The van der Waals surface area contributed by atoms with Gasteiger partial charge in [0.1, 0.15) is 6.54 Å². The standard InChI is InChI=1S/C21H25N3O5/c1-23(2)15-9-7-14(8-10-15)11-22-18(25)13-29-19(26)12-24-20(27)16-5-3-4-6-17(16)21(24)28/h3-4,7-10,16-17H,5-6,11-13H2,1-2H3,(H,22,25)/t16-,17-/m0/s1. The summed E-state index contributed by atoms with van der Waals surface area (Å²) in [6.45, 7) is -0.604. The summed E-state index contributed by atoms with van der Waals surface area (Å²) in [5, 5.41) is 2.67. The number of likely N-dealkylation sites (tertiary alicyclic amines) is 1. The van der Waals surface area contributed by atoms with Crippen molar-refractivity contribution in [2.75, 3.05) is 32.1 Å². The Morgan fingerprint density at radius 3 is 2.21 bits per heavy atom. The molecule has 2 atom stereocenters. The van der Waals surface area contributed by atoms with Crippen LogP contribution in [-0.2, 0) is 30.5 Å². The summed E-state index contributed by atoms with van der Waals surface area (Å²) in [5.41, 5.74) is 1.97. The second-order valence-corrected chi connectivity index (χ2v) is 7.42. The van der Waals surface area contributed by atoms with Gasteiger partial charge in [-0.15, -0.1) is 0 Å². The Kier molecular flexibility index (Phi) is 6.31. The molecule has 0 aromatic heterocycles. The monoisotopic (exact) mass is 399 g/mol. The third-order valence-electron chi connectivity index (χ3n) is 5.19. The highest BCUT2D eigenvalue weighted by Crippen LogP contribution is 2.34. The molecule has 1 aromatic rings. The normalized spacial score (nSPS) is 20.4. The summed E-state index contributed by atoms with van der Waals surface area (Å²) < 4.78 is 4.94. The highest BCUT2D eigenvalue weighted by atomic mass is 16.5. The Morgan fingerprint density at radius 1 is 1.07 bits per heavy atom. The van der Waals surface area contributed by atoms with Gasteiger partial charge in [0.05, 0.1) is 11.8 Å². The third-order valence-corrected chi connectivity index (χ3v) is 5.19. The molecule has 29 heavy (non-hydrogen) atoms. The van der Waals surface area contributed by atoms with Crippen LogP contribution in [0.3, 0.4) is 0 Å². The number of imide groups is 1. The number of anilines is 1. The summed E-state index contributed by atoms with van der Waals surface area (Å²) in [6, 6.07) is 7.69. The van der Waals surface area contributed by atoms with Gasteiger partial charge in [-0.05, 0) is 30.5 Å². The van der Waals surface area contributed by atoms with E-state index in [1.54, 1.807) is 0 Å². The van der Waals surface area contributed by atoms with Crippen molar-refractivity contribution in [3.63, 3.8) is 0 Å². The number of ether oxygens (including phenoxy) is 1. The molecule has 2 aliphatic rings. The van der Waals surface area contributed by atoms with E-state index in [0.29, 0.717) is 19.4 Å². The van der Waals surface area contributed by atoms with E-state index in [1.807, 2.05) is 55.4 Å². The number of hydrogen-bond donors (Lipinski definition) is 1. The fourth-order valence-electron chi connectivity index (χ4n) is 3.51. The third kappa shape index (κ3) is 4.82. The number of allylic oxidation sites excluding steroid dienone is 2. The predicted octanol–water partition coefficient (Wildman–Crippen LogP) is 0.863. The molecular formula is C21H25N3O5. The maximum atomic E-state index is 12.3. The molecule has 1 aliphatic heterocycles. The minimum Gasteiger partial charge on any atom is -0.454 e. The molecule has 1 aromatic carbocycles. The van der Waals surface area contributed by atoms with Crippen molar-refractivity contribution in [3.05, 3.63) is 42.0 Å². The van der Waals surface area contributed by atoms with Gasteiger partial charge in [-0.1, -0.05) is 24.3 Å². The van der Waals surface area contributed by atoms with E-state index < -0.39 is 25.0 Å². The fraction of sp³-hybridized carbons (Fsp3) is 0.429. The zero-order valence-electron chi connectivity index (χ0n) is 16.6. The molecule has 1 N–H and O–H groups in total. The summed E-state index contributed by atoms with van der Waals surface area (Å²) in [4.78, 5) is 51.5. The summed E-state index contributed by atoms with van der Waals surface area (Å²) in [6.07, 6.45) is 4.79. The average Bonchev–Trinajstić information content (AvgIpc) is 2.96. The van der Waals surface area contributed by atoms with Gasteiger partial charge in [0.15, 0.2) is 6.61 Å². The fourth-order valence-corrected chi connectivity index (χ4v) is 3.51. The Bertz CT molecular complexity index is 805. The number of carbonyl (C=O) groups excluding carboxylic acids is 4. The van der Waals surface area contributed by atoms with Crippen LogP contribution in [0, 0.1) is 11.8 Å². The van der Waals surface area contributed by atoms with Crippen molar-refractivity contribution in [2.24, 2.45) is 11.8 Å². The van der Waals surface area contributed by atoms with Gasteiger partial charge in [-0.25, -0.2) is 0 Å². The molecular weight excluding hydrogens is 374 g/mol. The van der Waals surface area contributed by atoms with Crippen molar-refractivity contribution in [1.29, 1.82) is 0 Å². The lowest BCUT2D eigenvalue weighted by Gasteiger charge is -2.14. The number of carbonyl (C=O) groups is 4. The lowest BCUT2D eigenvalue weighted by Crippen LogP contribution is -2.38. The number of nitrogens with one attached hydrogen (secondary N) is 1. The Morgan fingerprint density at radius 2 is 1.66 bits per heavy atom. The van der Waals surface area contributed by atoms with E-state index in [1.165, 1.54) is 0 Å². The van der Waals surface area contributed by atoms with Crippen molar-refractivity contribution in [2.45, 2.75) is 19.4 Å². The van der Waals surface area contributed by atoms with Crippen LogP contribution in [-0.4, -0.2) is 55.8 Å². The number of amides is 3. The lowest BCUT2D eigenvalue weighted by molar-refractivity contribution is -0.154. The minimum absolute atomic E-state index is 0.309. The maximum Gasteiger partial charge on any atom is 0.326 e. The highest BCUT2D eigenvalue weighted by Gasteiger charge is 2.47. The molecule has 1 fully saturated rings. The molecule has 0 radical (unpaired) electrons. The van der Waals surface area contributed by atoms with Crippen LogP contribution in [0.15, 0.2) is 36.4 Å². The van der Waals surface area contributed by atoms with E-state index >= 15 is 0 Å². The van der Waals surface area contributed by atoms with Crippen LogP contribution in [0.5, 0.6) is 0 Å². The van der Waals surface area contributed by atoms with Crippen molar-refractivity contribution < 1.29 is 23.9 Å². The summed E-state index contributed by atoms with van der Waals surface area (Å²) in [5.74, 6) is -2.68. The van der Waals surface area contributed by atoms with Crippen molar-refractivity contribution >= 4 is 29.4 Å². The Labute approximate surface area is 169 Å². The van der Waals surface area contributed by atoms with Crippen molar-refractivity contribution in [3.8, 4) is 0 Å². The first kappa shape index (κ1) is 20.6. The van der Waals surface area contributed by atoms with Crippen LogP contribution in [0.4, 0.5) is 5.69 Å². The first-order valence-electron chi connectivity index (χ1n) is 9.55. The van der Waals surface area contributed by atoms with Gasteiger partial charge in [0.2, 0.25) is 11.8 Å². The number of fused-ring (bicyclic) bond motifs is 1. The molecule has 0 bridgehead atoms. The molecule has 3 amide bonds. The van der Waals surface area contributed by atoms with Crippen LogP contribution < -0.4 is 10.2 Å². The first-order valence-corrected chi connectivity index (χ1v) is 9.55. The lowest BCUT2D eigenvalue weighted by atomic mass is 9.85. The largest absolute Gasteiger partial charge is 0.454 e. The van der Waals surface area contributed by atoms with E-state index in [2.05, 4.69) is 5.32 Å². The molecule has 0 saturated carbocycles. The SMILES string of the molecule is CN(C)c1ccc(CNC(=O)COC(=O)CN2C(=O)[C@H]3CC=CC[C@@H]3C2=O)cc1. The molecule has 1 saturated heterocycles. The van der Waals surface area contributed by atoms with E-state index in [4.69, 9.17) is 4.74 Å². The topological polar surface area (TPSA) is 96.0 Å². The molecule has 1 heterocycles. The number of nitrogens with zero attached hydrogens (tertiary/aromatic N) is 2. The van der Waals surface area contributed by atoms with Gasteiger partial charge in [0.25, 0.3) is 5.91 Å². The molecule has 3 rings (SSSR count). The minimum atomic E-state index is -0.774. The van der Waals surface area contributed by atoms with Crippen LogP contribution >= 0.6 is 0 Å². The summed E-state index contributed by atoms with van der Waals surface area (Å²) >= 11 is 0. The van der Waals surface area contributed by atoms with Crippen molar-refractivity contribution in [1.82, 2.24) is 10.2 Å². The molecule has 0 spiro atoms. The quantitative estimate of drug-likeness (QED) is 0.415. The van der Waals surface area contributed by atoms with Gasteiger partial charge in [-0.3, -0.25) is 24.1 Å². The van der Waals surface area contributed by atoms with E-state index in [0.717, 1.165) is 16.2 Å². The molecule has 0 unspecified atom stereocenters. The molecule has 8 nitrogen and oxygen atoms in total. The summed E-state index contributed by atoms with van der Waals surface area (Å²) in [7, 11) is 3.89. The number of rotatable bonds is 7. The predicted molar refractivity (Wildman–Crippen MR) is 106 cm³/mol. The van der Waals surface area contributed by atoms with Gasteiger partial charge >= 0.3 is 5.97 Å². The number of hydrogen-bond acceptors (Lipinski definition) is 6. The number of esters is 1. The first-order chi connectivity index (χ1) is 13.9. The smallest absolute Gasteiger partial charge is 0.326 e. The van der Waals surface area contributed by atoms with E-state index in [9.17, 15) is 19.2 Å². The van der Waals surface area contributed by atoms with E-state index in [-0.39, 0.29) is 23.7 Å². The highest BCUT2D eigenvalue weighted by molar-refractivity contribution is 6.07. The van der Waals surface area contributed by atoms with Crippen LogP contribution in [0.1, 0.15) is 18.4 Å². The molecule has 8 heteroatoms.